The molecule has 8 nitrogen and oxygen atoms in total. The Balaban J connectivity index is 1.82. The number of nitrogens with zero attached hydrogens (tertiary/aromatic N) is 2. The minimum absolute atomic E-state index is 0.0200. The molecule has 1 aliphatic rings. The van der Waals surface area contributed by atoms with Gasteiger partial charge in [-0.2, -0.15) is 4.98 Å². The third-order valence-corrected chi connectivity index (χ3v) is 4.86. The number of carbonyl (C=O) groups is 2. The van der Waals surface area contributed by atoms with Gasteiger partial charge in [0.25, 0.3) is 5.56 Å². The molecule has 9 heteroatoms. The van der Waals surface area contributed by atoms with Crippen LogP contribution in [0.3, 0.4) is 0 Å². The number of anilines is 1. The van der Waals surface area contributed by atoms with Gasteiger partial charge in [-0.25, -0.2) is 4.90 Å². The van der Waals surface area contributed by atoms with E-state index in [1.807, 2.05) is 0 Å². The van der Waals surface area contributed by atoms with E-state index in [0.29, 0.717) is 11.4 Å². The molecular weight excluding hydrogens is 346 g/mol. The zero-order valence-electron chi connectivity index (χ0n) is 13.5. The smallest absolute Gasteiger partial charge is 0.258 e. The Morgan fingerprint density at radius 1 is 1.28 bits per heavy atom. The first kappa shape index (κ1) is 17.0. The van der Waals surface area contributed by atoms with Crippen molar-refractivity contribution in [2.75, 3.05) is 12.0 Å². The first-order chi connectivity index (χ1) is 11.9. The molecule has 2 amide bonds. The second-order valence-corrected chi connectivity index (χ2v) is 6.59. The number of thioether (sulfide) groups is 1. The van der Waals surface area contributed by atoms with Gasteiger partial charge in [-0.3, -0.25) is 14.4 Å². The summed E-state index contributed by atoms with van der Waals surface area (Å²) in [6, 6.07) is 6.57. The van der Waals surface area contributed by atoms with E-state index >= 15 is 0 Å². The van der Waals surface area contributed by atoms with Crippen LogP contribution in [-0.2, 0) is 9.59 Å². The SMILES string of the molecule is COc1ccc(N2C(=O)C[C@H](Sc3nc(O)c(C)c(=O)[nH]3)C2=O)cc1. The van der Waals surface area contributed by atoms with Crippen LogP contribution in [0, 0.1) is 6.92 Å². The Bertz CT molecular complexity index is 894. The van der Waals surface area contributed by atoms with Gasteiger partial charge in [0, 0.05) is 6.42 Å². The molecule has 3 rings (SSSR count). The van der Waals surface area contributed by atoms with Crippen LogP contribution in [0.5, 0.6) is 11.6 Å². The fraction of sp³-hybridized carbons (Fsp3) is 0.250. The summed E-state index contributed by atoms with van der Waals surface area (Å²) in [5, 5.41) is 9.00. The van der Waals surface area contributed by atoms with Gasteiger partial charge in [0.15, 0.2) is 5.16 Å². The van der Waals surface area contributed by atoms with Crippen molar-refractivity contribution < 1.29 is 19.4 Å². The summed E-state index contributed by atoms with van der Waals surface area (Å²) in [5.74, 6) is -0.519. The van der Waals surface area contributed by atoms with E-state index in [-0.39, 0.29) is 23.0 Å². The van der Waals surface area contributed by atoms with Gasteiger partial charge in [-0.1, -0.05) is 11.8 Å². The summed E-state index contributed by atoms with van der Waals surface area (Å²) in [6.45, 7) is 1.44. The summed E-state index contributed by atoms with van der Waals surface area (Å²) in [6.07, 6.45) is -0.0200. The van der Waals surface area contributed by atoms with Crippen LogP contribution < -0.4 is 15.2 Å². The van der Waals surface area contributed by atoms with Crippen molar-refractivity contribution in [3.63, 3.8) is 0 Å². The lowest BCUT2D eigenvalue weighted by Gasteiger charge is -2.15. The molecule has 0 saturated carbocycles. The van der Waals surface area contributed by atoms with Gasteiger partial charge >= 0.3 is 0 Å². The summed E-state index contributed by atoms with van der Waals surface area (Å²) < 4.78 is 5.06. The second kappa shape index (κ2) is 6.60. The highest BCUT2D eigenvalue weighted by Gasteiger charge is 2.40. The number of aromatic amines is 1. The Hall–Kier alpha value is -2.81. The molecule has 0 unspecified atom stereocenters. The number of aromatic nitrogens is 2. The van der Waals surface area contributed by atoms with Gasteiger partial charge in [-0.15, -0.1) is 0 Å². The Kier molecular flexibility index (Phi) is 4.49. The monoisotopic (exact) mass is 361 g/mol. The number of imide groups is 1. The molecular formula is C16H15N3O5S. The highest BCUT2D eigenvalue weighted by molar-refractivity contribution is 8.00. The van der Waals surface area contributed by atoms with Crippen molar-refractivity contribution in [1.82, 2.24) is 9.97 Å². The zero-order chi connectivity index (χ0) is 18.1. The van der Waals surface area contributed by atoms with E-state index in [9.17, 15) is 19.5 Å². The van der Waals surface area contributed by atoms with E-state index < -0.39 is 22.6 Å². The first-order valence-electron chi connectivity index (χ1n) is 7.38. The number of rotatable bonds is 4. The van der Waals surface area contributed by atoms with Crippen molar-refractivity contribution in [2.24, 2.45) is 0 Å². The maximum Gasteiger partial charge on any atom is 0.258 e. The minimum atomic E-state index is -0.722. The number of H-pyrrole nitrogens is 1. The number of methoxy groups -OCH3 is 1. The Morgan fingerprint density at radius 3 is 2.56 bits per heavy atom. The van der Waals surface area contributed by atoms with E-state index in [1.165, 1.54) is 14.0 Å². The standard InChI is InChI=1S/C16H15N3O5S/c1-8-13(21)17-16(18-14(8)22)25-11-7-12(20)19(15(11)23)9-3-5-10(24-2)6-4-9/h3-6,11H,7H2,1-2H3,(H2,17,18,21,22)/t11-/m0/s1. The predicted molar refractivity (Wildman–Crippen MR) is 91.0 cm³/mol. The van der Waals surface area contributed by atoms with Crippen molar-refractivity contribution in [1.29, 1.82) is 0 Å². The predicted octanol–water partition coefficient (Wildman–Crippen LogP) is 1.22. The average molecular weight is 361 g/mol. The van der Waals surface area contributed by atoms with Crippen molar-refractivity contribution in [3.8, 4) is 11.6 Å². The summed E-state index contributed by atoms with van der Waals surface area (Å²) >= 11 is 0.943. The van der Waals surface area contributed by atoms with E-state index in [1.54, 1.807) is 24.3 Å². The molecule has 1 aliphatic heterocycles. The fourth-order valence-corrected chi connectivity index (χ4v) is 3.38. The average Bonchev–Trinajstić information content (AvgIpc) is 2.86. The van der Waals surface area contributed by atoms with E-state index in [2.05, 4.69) is 9.97 Å². The minimum Gasteiger partial charge on any atom is -0.497 e. The number of amides is 2. The maximum atomic E-state index is 12.6. The first-order valence-corrected chi connectivity index (χ1v) is 8.26. The number of hydrogen-bond donors (Lipinski definition) is 2. The highest BCUT2D eigenvalue weighted by atomic mass is 32.2. The molecule has 0 spiro atoms. The molecule has 1 saturated heterocycles. The molecule has 2 N–H and O–H groups in total. The van der Waals surface area contributed by atoms with Crippen LogP contribution >= 0.6 is 11.8 Å². The normalized spacial score (nSPS) is 17.2. The highest BCUT2D eigenvalue weighted by Crippen LogP contribution is 2.33. The van der Waals surface area contributed by atoms with Crippen LogP contribution in [-0.4, -0.2) is 39.2 Å². The van der Waals surface area contributed by atoms with E-state index in [0.717, 1.165) is 16.7 Å². The molecule has 1 fully saturated rings. The van der Waals surface area contributed by atoms with Crippen molar-refractivity contribution in [3.05, 3.63) is 40.2 Å². The molecule has 25 heavy (non-hydrogen) atoms. The summed E-state index contributed by atoms with van der Waals surface area (Å²) in [5.41, 5.74) is 0.0592. The molecule has 2 aromatic rings. The lowest BCUT2D eigenvalue weighted by atomic mass is 10.3. The largest absolute Gasteiger partial charge is 0.497 e. The molecule has 1 aromatic heterocycles. The Labute approximate surface area is 146 Å². The molecule has 130 valence electrons. The van der Waals surface area contributed by atoms with Gasteiger partial charge in [0.05, 0.1) is 18.4 Å². The van der Waals surface area contributed by atoms with Crippen LogP contribution in [0.15, 0.2) is 34.2 Å². The van der Waals surface area contributed by atoms with Gasteiger partial charge < -0.3 is 14.8 Å². The molecule has 0 radical (unpaired) electrons. The number of aromatic hydroxyl groups is 1. The molecule has 1 atom stereocenters. The third-order valence-electron chi connectivity index (χ3n) is 3.79. The molecule has 0 aliphatic carbocycles. The Morgan fingerprint density at radius 2 is 1.96 bits per heavy atom. The quantitative estimate of drug-likeness (QED) is 0.622. The van der Waals surface area contributed by atoms with Gasteiger partial charge in [0.1, 0.15) is 11.0 Å². The third kappa shape index (κ3) is 3.22. The lowest BCUT2D eigenvalue weighted by molar-refractivity contribution is -0.121. The zero-order valence-corrected chi connectivity index (χ0v) is 14.3. The topological polar surface area (TPSA) is 113 Å². The number of nitrogens with one attached hydrogen (secondary N) is 1. The number of carbonyl (C=O) groups excluding carboxylic acids is 2. The maximum absolute atomic E-state index is 12.6. The van der Waals surface area contributed by atoms with Crippen LogP contribution in [0.1, 0.15) is 12.0 Å². The fourth-order valence-electron chi connectivity index (χ4n) is 2.39. The van der Waals surface area contributed by atoms with Gasteiger partial charge in [-0.05, 0) is 31.2 Å². The van der Waals surface area contributed by atoms with Crippen molar-refractivity contribution >= 4 is 29.3 Å². The second-order valence-electron chi connectivity index (χ2n) is 5.40. The lowest BCUT2D eigenvalue weighted by Crippen LogP contribution is -2.31. The molecule has 1 aromatic carbocycles. The van der Waals surface area contributed by atoms with Crippen LogP contribution in [0.25, 0.3) is 0 Å². The molecule has 0 bridgehead atoms. The number of ether oxygens (including phenoxy) is 1. The van der Waals surface area contributed by atoms with E-state index in [4.69, 9.17) is 4.74 Å². The van der Waals surface area contributed by atoms with Gasteiger partial charge in [0.2, 0.25) is 17.7 Å². The molecule has 2 heterocycles. The number of benzene rings is 1. The van der Waals surface area contributed by atoms with Crippen molar-refractivity contribution in [2.45, 2.75) is 23.8 Å². The summed E-state index contributed by atoms with van der Waals surface area (Å²) in [4.78, 5) is 43.9. The van der Waals surface area contributed by atoms with Crippen LogP contribution in [0.2, 0.25) is 0 Å². The number of hydrogen-bond acceptors (Lipinski definition) is 7. The van der Waals surface area contributed by atoms with Crippen LogP contribution in [0.4, 0.5) is 5.69 Å². The summed E-state index contributed by atoms with van der Waals surface area (Å²) in [7, 11) is 1.53.